The average molecular weight is 273 g/mol. The molecule has 5 heteroatoms. The largest absolute Gasteiger partial charge is 0.505 e. The van der Waals surface area contributed by atoms with Crippen molar-refractivity contribution in [3.05, 3.63) is 35.9 Å². The summed E-state index contributed by atoms with van der Waals surface area (Å²) in [7, 11) is 0. The molecule has 104 valence electrons. The number of aromatic hydroxyl groups is 1. The number of hydrogen-bond acceptors (Lipinski definition) is 3. The van der Waals surface area contributed by atoms with Crippen LogP contribution in [0.25, 0.3) is 0 Å². The number of anilines is 1. The van der Waals surface area contributed by atoms with Gasteiger partial charge in [-0.25, -0.2) is 4.79 Å². The molecule has 0 spiro atoms. The van der Waals surface area contributed by atoms with Crippen molar-refractivity contribution >= 4 is 17.6 Å². The van der Waals surface area contributed by atoms with E-state index in [4.69, 9.17) is 5.11 Å². The van der Waals surface area contributed by atoms with Crippen molar-refractivity contribution in [3.63, 3.8) is 0 Å². The van der Waals surface area contributed by atoms with Crippen LogP contribution in [0.4, 0.5) is 5.69 Å². The Morgan fingerprint density at radius 3 is 2.60 bits per heavy atom. The first-order chi connectivity index (χ1) is 9.56. The van der Waals surface area contributed by atoms with Gasteiger partial charge in [0.2, 0.25) is 5.91 Å². The number of allylic oxidation sites excluding steroid dienone is 2. The van der Waals surface area contributed by atoms with Gasteiger partial charge < -0.3 is 15.5 Å². The standard InChI is InChI=1S/C15H15NO4/c17-13-10(15(19)20)2-1-3-12(13)16-14(18)11-7-8-4-5-9(11)6-8/h1-5,8-9,11,17H,6-7H2,(H,16,18)(H,19,20). The Balaban J connectivity index is 1.78. The number of aromatic carboxylic acids is 1. The Morgan fingerprint density at radius 1 is 1.20 bits per heavy atom. The van der Waals surface area contributed by atoms with E-state index < -0.39 is 11.7 Å². The second-order valence-corrected chi connectivity index (χ2v) is 5.38. The fraction of sp³-hybridized carbons (Fsp3) is 0.333. The smallest absolute Gasteiger partial charge is 0.339 e. The molecule has 0 saturated heterocycles. The summed E-state index contributed by atoms with van der Waals surface area (Å²) in [6.45, 7) is 0. The van der Waals surface area contributed by atoms with Crippen LogP contribution in [0.15, 0.2) is 30.4 Å². The molecule has 3 N–H and O–H groups in total. The Kier molecular flexibility index (Phi) is 2.97. The molecule has 3 unspecified atom stereocenters. The summed E-state index contributed by atoms with van der Waals surface area (Å²) in [5.74, 6) is -1.11. The Hall–Kier alpha value is -2.30. The van der Waals surface area contributed by atoms with Crippen LogP contribution in [0.1, 0.15) is 23.2 Å². The molecule has 0 aliphatic heterocycles. The van der Waals surface area contributed by atoms with E-state index in [1.165, 1.54) is 18.2 Å². The van der Waals surface area contributed by atoms with Gasteiger partial charge in [0.05, 0.1) is 5.69 Å². The summed E-state index contributed by atoms with van der Waals surface area (Å²) >= 11 is 0. The van der Waals surface area contributed by atoms with Crippen LogP contribution in [0.3, 0.4) is 0 Å². The van der Waals surface area contributed by atoms with Gasteiger partial charge in [-0.1, -0.05) is 18.2 Å². The normalized spacial score (nSPS) is 26.7. The van der Waals surface area contributed by atoms with Crippen molar-refractivity contribution in [1.29, 1.82) is 0 Å². The Bertz CT molecular complexity index is 608. The van der Waals surface area contributed by atoms with Crippen LogP contribution < -0.4 is 5.32 Å². The zero-order chi connectivity index (χ0) is 14.3. The predicted molar refractivity (Wildman–Crippen MR) is 72.5 cm³/mol. The molecule has 1 fully saturated rings. The van der Waals surface area contributed by atoms with E-state index in [-0.39, 0.29) is 29.0 Å². The lowest BCUT2D eigenvalue weighted by Crippen LogP contribution is -2.26. The molecule has 0 heterocycles. The molecule has 1 amide bonds. The van der Waals surface area contributed by atoms with Crippen molar-refractivity contribution in [2.75, 3.05) is 5.32 Å². The van der Waals surface area contributed by atoms with Gasteiger partial charge in [-0.3, -0.25) is 4.79 Å². The second kappa shape index (κ2) is 4.67. The van der Waals surface area contributed by atoms with Crippen LogP contribution in [0.2, 0.25) is 0 Å². The molecule has 5 nitrogen and oxygen atoms in total. The fourth-order valence-corrected chi connectivity index (χ4v) is 3.12. The number of hydrogen-bond donors (Lipinski definition) is 3. The highest BCUT2D eigenvalue weighted by Gasteiger charge is 2.39. The Morgan fingerprint density at radius 2 is 2.00 bits per heavy atom. The second-order valence-electron chi connectivity index (χ2n) is 5.38. The number of carbonyl (C=O) groups excluding carboxylic acids is 1. The van der Waals surface area contributed by atoms with E-state index in [9.17, 15) is 14.7 Å². The molecule has 0 aromatic heterocycles. The third-order valence-corrected chi connectivity index (χ3v) is 4.14. The number of phenols is 1. The van der Waals surface area contributed by atoms with Crippen molar-refractivity contribution in [2.45, 2.75) is 12.8 Å². The lowest BCUT2D eigenvalue weighted by atomic mass is 9.92. The third-order valence-electron chi connectivity index (χ3n) is 4.14. The van der Waals surface area contributed by atoms with Crippen LogP contribution in [-0.2, 0) is 4.79 Å². The van der Waals surface area contributed by atoms with Gasteiger partial charge in [-0.05, 0) is 36.8 Å². The first-order valence-corrected chi connectivity index (χ1v) is 6.60. The molecule has 0 radical (unpaired) electrons. The third kappa shape index (κ3) is 2.05. The minimum atomic E-state index is -1.22. The topological polar surface area (TPSA) is 86.6 Å². The zero-order valence-electron chi connectivity index (χ0n) is 10.7. The van der Waals surface area contributed by atoms with Gasteiger partial charge in [0.1, 0.15) is 5.56 Å². The molecule has 2 aliphatic rings. The molecular weight excluding hydrogens is 258 g/mol. The Labute approximate surface area is 115 Å². The summed E-state index contributed by atoms with van der Waals surface area (Å²) in [6, 6.07) is 4.30. The van der Waals surface area contributed by atoms with E-state index in [2.05, 4.69) is 17.5 Å². The highest BCUT2D eigenvalue weighted by molar-refractivity contribution is 5.98. The summed E-state index contributed by atoms with van der Waals surface area (Å²) in [4.78, 5) is 23.2. The van der Waals surface area contributed by atoms with E-state index in [1.807, 2.05) is 0 Å². The highest BCUT2D eigenvalue weighted by atomic mass is 16.4. The molecule has 20 heavy (non-hydrogen) atoms. The van der Waals surface area contributed by atoms with Crippen LogP contribution in [0.5, 0.6) is 5.75 Å². The first kappa shape index (κ1) is 12.7. The van der Waals surface area contributed by atoms with Crippen molar-refractivity contribution in [1.82, 2.24) is 0 Å². The number of benzene rings is 1. The van der Waals surface area contributed by atoms with Crippen LogP contribution in [-0.4, -0.2) is 22.1 Å². The number of amides is 1. The van der Waals surface area contributed by atoms with Gasteiger partial charge in [-0.15, -0.1) is 0 Å². The molecule has 3 atom stereocenters. The van der Waals surface area contributed by atoms with Gasteiger partial charge in [0, 0.05) is 5.92 Å². The molecule has 1 saturated carbocycles. The van der Waals surface area contributed by atoms with E-state index in [0.29, 0.717) is 5.92 Å². The van der Waals surface area contributed by atoms with Gasteiger partial charge >= 0.3 is 5.97 Å². The lowest BCUT2D eigenvalue weighted by Gasteiger charge is -2.18. The summed E-state index contributed by atoms with van der Waals surface area (Å²) in [5, 5.41) is 21.5. The van der Waals surface area contributed by atoms with Crippen molar-refractivity contribution in [3.8, 4) is 5.75 Å². The fourth-order valence-electron chi connectivity index (χ4n) is 3.12. The summed E-state index contributed by atoms with van der Waals surface area (Å²) in [5.41, 5.74) is -0.0581. The molecule has 2 aliphatic carbocycles. The zero-order valence-corrected chi connectivity index (χ0v) is 10.7. The van der Waals surface area contributed by atoms with E-state index >= 15 is 0 Å². The summed E-state index contributed by atoms with van der Waals surface area (Å²) < 4.78 is 0. The number of para-hydroxylation sites is 1. The maximum atomic E-state index is 12.2. The number of carboxylic acids is 1. The number of rotatable bonds is 3. The first-order valence-electron chi connectivity index (χ1n) is 6.60. The SMILES string of the molecule is O=C(O)c1cccc(NC(=O)C2CC3C=CC2C3)c1O. The predicted octanol–water partition coefficient (Wildman–Crippen LogP) is 2.24. The quantitative estimate of drug-likeness (QED) is 0.582. The number of carbonyl (C=O) groups is 2. The van der Waals surface area contributed by atoms with Crippen molar-refractivity contribution in [2.24, 2.45) is 17.8 Å². The number of nitrogens with one attached hydrogen (secondary N) is 1. The van der Waals surface area contributed by atoms with E-state index in [0.717, 1.165) is 12.8 Å². The van der Waals surface area contributed by atoms with Gasteiger partial charge in [0.15, 0.2) is 5.75 Å². The minimum absolute atomic E-state index is 0.0853. The molecule has 2 bridgehead atoms. The van der Waals surface area contributed by atoms with Crippen LogP contribution in [0, 0.1) is 17.8 Å². The lowest BCUT2D eigenvalue weighted by molar-refractivity contribution is -0.120. The maximum Gasteiger partial charge on any atom is 0.339 e. The molecule has 1 aromatic carbocycles. The van der Waals surface area contributed by atoms with Crippen molar-refractivity contribution < 1.29 is 19.8 Å². The highest BCUT2D eigenvalue weighted by Crippen LogP contribution is 2.44. The summed E-state index contributed by atoms with van der Waals surface area (Å²) in [6.07, 6.45) is 6.06. The van der Waals surface area contributed by atoms with E-state index in [1.54, 1.807) is 0 Å². The maximum absolute atomic E-state index is 12.2. The molecule has 1 aromatic rings. The van der Waals surface area contributed by atoms with Crippen LogP contribution >= 0.6 is 0 Å². The monoisotopic (exact) mass is 273 g/mol. The van der Waals surface area contributed by atoms with Gasteiger partial charge in [-0.2, -0.15) is 0 Å². The van der Waals surface area contributed by atoms with Gasteiger partial charge in [0.25, 0.3) is 0 Å². The number of fused-ring (bicyclic) bond motifs is 2. The average Bonchev–Trinajstić information content (AvgIpc) is 3.03. The minimum Gasteiger partial charge on any atom is -0.505 e. The number of carboxylic acid groups (broad SMARTS) is 1. The molecular formula is C15H15NO4. The molecule has 3 rings (SSSR count).